The van der Waals surface area contributed by atoms with Crippen molar-refractivity contribution in [2.45, 2.75) is 13.0 Å². The van der Waals surface area contributed by atoms with Gasteiger partial charge in [-0.05, 0) is 30.3 Å². The average molecular weight is 543 g/mol. The number of benzene rings is 2. The molecule has 1 amide bonds. The first-order valence-electron chi connectivity index (χ1n) is 10.9. The van der Waals surface area contributed by atoms with E-state index in [1.165, 1.54) is 19.4 Å². The lowest BCUT2D eigenvalue weighted by Gasteiger charge is -2.11. The first-order chi connectivity index (χ1) is 17.9. The number of hydrogen-bond donors (Lipinski definition) is 1. The summed E-state index contributed by atoms with van der Waals surface area (Å²) in [6, 6.07) is 14.9. The Bertz CT molecular complexity index is 1600. The monoisotopic (exact) mass is 542 g/mol. The summed E-state index contributed by atoms with van der Waals surface area (Å²) in [5.74, 6) is 0.0812. The van der Waals surface area contributed by atoms with Crippen LogP contribution in [0, 0.1) is 0 Å². The molecule has 0 atom stereocenters. The minimum Gasteiger partial charge on any atom is -0.496 e. The van der Waals surface area contributed by atoms with Gasteiger partial charge in [-0.2, -0.15) is 10.2 Å². The molecule has 188 valence electrons. The highest BCUT2D eigenvalue weighted by Gasteiger charge is 2.23. The Kier molecular flexibility index (Phi) is 6.77. The minimum absolute atomic E-state index is 0.00217. The summed E-state index contributed by atoms with van der Waals surface area (Å²) >= 11 is 12.5. The van der Waals surface area contributed by atoms with Gasteiger partial charge in [-0.15, -0.1) is 0 Å². The van der Waals surface area contributed by atoms with Crippen molar-refractivity contribution in [2.75, 3.05) is 12.4 Å². The van der Waals surface area contributed by atoms with E-state index >= 15 is 0 Å². The molecule has 3 aromatic heterocycles. The number of amides is 1. The summed E-state index contributed by atoms with van der Waals surface area (Å²) in [7, 11) is 1.47. The van der Waals surface area contributed by atoms with Gasteiger partial charge in [-0.25, -0.2) is 18.3 Å². The van der Waals surface area contributed by atoms with Crippen LogP contribution >= 0.6 is 23.2 Å². The number of fused-ring (bicyclic) bond motifs is 1. The van der Waals surface area contributed by atoms with Crippen molar-refractivity contribution < 1.29 is 18.3 Å². The zero-order chi connectivity index (χ0) is 26.1. The molecule has 0 fully saturated rings. The van der Waals surface area contributed by atoms with E-state index in [1.807, 2.05) is 0 Å². The Morgan fingerprint density at radius 2 is 1.86 bits per heavy atom. The molecule has 37 heavy (non-hydrogen) atoms. The number of carbonyl (C=O) groups is 1. The van der Waals surface area contributed by atoms with Crippen molar-refractivity contribution in [3.8, 4) is 17.0 Å². The van der Waals surface area contributed by atoms with Crippen LogP contribution in [0.1, 0.15) is 28.0 Å². The van der Waals surface area contributed by atoms with E-state index in [1.54, 1.807) is 59.4 Å². The second-order valence-corrected chi connectivity index (χ2v) is 8.73. The van der Waals surface area contributed by atoms with Gasteiger partial charge in [-0.3, -0.25) is 9.48 Å². The molecule has 0 unspecified atom stereocenters. The first kappa shape index (κ1) is 24.7. The van der Waals surface area contributed by atoms with Crippen LogP contribution in [0.5, 0.6) is 5.75 Å². The van der Waals surface area contributed by atoms with Gasteiger partial charge in [-0.1, -0.05) is 41.4 Å². The van der Waals surface area contributed by atoms with Gasteiger partial charge >= 0.3 is 0 Å². The van der Waals surface area contributed by atoms with Crippen LogP contribution in [0.15, 0.2) is 67.0 Å². The Morgan fingerprint density at radius 1 is 1.11 bits per heavy atom. The molecule has 0 spiro atoms. The van der Waals surface area contributed by atoms with Gasteiger partial charge in [0.25, 0.3) is 12.3 Å². The number of ether oxygens (including phenoxy) is 1. The standard InChI is InChI=1S/C25H18Cl2F2N6O2/c1-37-21-8-3-2-5-14(21)19-11-20(23(28)29)35-24(31-19)15(12-30-35)25(36)32-22-9-10-34(33-22)13-16-17(26)6-4-7-18(16)27/h2-12,23H,13H2,1H3,(H,32,33,36). The summed E-state index contributed by atoms with van der Waals surface area (Å²) in [4.78, 5) is 17.6. The van der Waals surface area contributed by atoms with Crippen molar-refractivity contribution in [3.05, 3.63) is 93.9 Å². The molecule has 0 saturated heterocycles. The Labute approximate surface area is 219 Å². The summed E-state index contributed by atoms with van der Waals surface area (Å²) in [6.45, 7) is 0.284. The van der Waals surface area contributed by atoms with Crippen LogP contribution in [0.3, 0.4) is 0 Å². The zero-order valence-electron chi connectivity index (χ0n) is 19.2. The van der Waals surface area contributed by atoms with E-state index in [0.717, 1.165) is 4.52 Å². The van der Waals surface area contributed by atoms with Crippen molar-refractivity contribution in [1.29, 1.82) is 0 Å². The molecule has 3 heterocycles. The van der Waals surface area contributed by atoms with Crippen LogP contribution < -0.4 is 10.1 Å². The minimum atomic E-state index is -2.86. The van der Waals surface area contributed by atoms with E-state index in [2.05, 4.69) is 20.5 Å². The van der Waals surface area contributed by atoms with Crippen LogP contribution in [0.25, 0.3) is 16.9 Å². The average Bonchev–Trinajstić information content (AvgIpc) is 3.52. The van der Waals surface area contributed by atoms with E-state index in [-0.39, 0.29) is 29.3 Å². The Hall–Kier alpha value is -4.02. The fourth-order valence-corrected chi connectivity index (χ4v) is 4.36. The highest BCUT2D eigenvalue weighted by Crippen LogP contribution is 2.32. The first-order valence-corrected chi connectivity index (χ1v) is 11.7. The van der Waals surface area contributed by atoms with E-state index < -0.39 is 18.0 Å². The van der Waals surface area contributed by atoms with Gasteiger partial charge in [0, 0.05) is 33.4 Å². The third-order valence-corrected chi connectivity index (χ3v) is 6.32. The second-order valence-electron chi connectivity index (χ2n) is 7.91. The van der Waals surface area contributed by atoms with Gasteiger partial charge in [0.2, 0.25) is 0 Å². The quantitative estimate of drug-likeness (QED) is 0.266. The summed E-state index contributed by atoms with van der Waals surface area (Å²) in [5, 5.41) is 12.0. The molecule has 0 bridgehead atoms. The van der Waals surface area contributed by atoms with Crippen LogP contribution in [0.2, 0.25) is 10.0 Å². The maximum atomic E-state index is 13.9. The zero-order valence-corrected chi connectivity index (χ0v) is 20.7. The number of carbonyl (C=O) groups excluding carboxylic acids is 1. The Morgan fingerprint density at radius 3 is 2.59 bits per heavy atom. The van der Waals surface area contributed by atoms with Gasteiger partial charge in [0.05, 0.1) is 25.5 Å². The molecule has 0 aliphatic heterocycles. The predicted molar refractivity (Wildman–Crippen MR) is 136 cm³/mol. The van der Waals surface area contributed by atoms with E-state index in [9.17, 15) is 13.6 Å². The van der Waals surface area contributed by atoms with Crippen LogP contribution in [-0.2, 0) is 6.54 Å². The number of hydrogen-bond acceptors (Lipinski definition) is 5. The maximum absolute atomic E-state index is 13.9. The fraction of sp³-hybridized carbons (Fsp3) is 0.120. The number of alkyl halides is 2. The topological polar surface area (TPSA) is 86.3 Å². The van der Waals surface area contributed by atoms with Crippen molar-refractivity contribution >= 4 is 40.6 Å². The third-order valence-electron chi connectivity index (χ3n) is 5.61. The number of nitrogens with one attached hydrogen (secondary N) is 1. The maximum Gasteiger partial charge on any atom is 0.280 e. The van der Waals surface area contributed by atoms with Crippen molar-refractivity contribution in [1.82, 2.24) is 24.4 Å². The largest absolute Gasteiger partial charge is 0.496 e. The van der Waals surface area contributed by atoms with Crippen molar-refractivity contribution in [3.63, 3.8) is 0 Å². The van der Waals surface area contributed by atoms with Gasteiger partial charge in [0.1, 0.15) is 17.0 Å². The van der Waals surface area contributed by atoms with E-state index in [0.29, 0.717) is 26.9 Å². The van der Waals surface area contributed by atoms with Crippen molar-refractivity contribution in [2.24, 2.45) is 0 Å². The second kappa shape index (κ2) is 10.2. The Balaban J connectivity index is 1.47. The number of methoxy groups -OCH3 is 1. The molecule has 1 N–H and O–H groups in total. The molecule has 12 heteroatoms. The molecule has 0 saturated carbocycles. The van der Waals surface area contributed by atoms with Crippen LogP contribution in [-0.4, -0.2) is 37.4 Å². The third kappa shape index (κ3) is 4.85. The molecule has 0 aliphatic carbocycles. The molecule has 0 aliphatic rings. The fourth-order valence-electron chi connectivity index (χ4n) is 3.84. The highest BCUT2D eigenvalue weighted by atomic mass is 35.5. The van der Waals surface area contributed by atoms with Crippen LogP contribution in [0.4, 0.5) is 14.6 Å². The molecular weight excluding hydrogens is 525 g/mol. The van der Waals surface area contributed by atoms with Gasteiger partial charge in [0.15, 0.2) is 11.5 Å². The number of para-hydroxylation sites is 1. The molecular formula is C25H18Cl2F2N6O2. The number of aromatic nitrogens is 5. The summed E-state index contributed by atoms with van der Waals surface area (Å²) in [5.41, 5.74) is 0.961. The number of halogens is 4. The lowest BCUT2D eigenvalue weighted by molar-refractivity contribution is 0.102. The van der Waals surface area contributed by atoms with E-state index in [4.69, 9.17) is 27.9 Å². The molecule has 0 radical (unpaired) electrons. The summed E-state index contributed by atoms with van der Waals surface area (Å²) in [6.07, 6.45) is -0.0175. The number of anilines is 1. The molecule has 5 aromatic rings. The molecule has 2 aromatic carbocycles. The lowest BCUT2D eigenvalue weighted by Crippen LogP contribution is -2.14. The SMILES string of the molecule is COc1ccccc1-c1cc(C(F)F)n2ncc(C(=O)Nc3ccn(Cc4c(Cl)cccc4Cl)n3)c2n1. The molecule has 8 nitrogen and oxygen atoms in total. The van der Waals surface area contributed by atoms with Gasteiger partial charge < -0.3 is 10.1 Å². The lowest BCUT2D eigenvalue weighted by atomic mass is 10.1. The highest BCUT2D eigenvalue weighted by molar-refractivity contribution is 6.36. The normalized spacial score (nSPS) is 11.3. The summed E-state index contributed by atoms with van der Waals surface area (Å²) < 4.78 is 35.7. The smallest absolute Gasteiger partial charge is 0.280 e. The predicted octanol–water partition coefficient (Wildman–Crippen LogP) is 6.15. The number of rotatable bonds is 7. The number of nitrogens with zero attached hydrogens (tertiary/aromatic N) is 5. The molecule has 5 rings (SSSR count).